The van der Waals surface area contributed by atoms with Crippen molar-refractivity contribution in [3.05, 3.63) is 54.1 Å². The number of rotatable bonds is 8. The van der Waals surface area contributed by atoms with E-state index < -0.39 is 16.1 Å². The summed E-state index contributed by atoms with van der Waals surface area (Å²) in [5, 5.41) is 11.8. The summed E-state index contributed by atoms with van der Waals surface area (Å²) < 4.78 is 32.1. The summed E-state index contributed by atoms with van der Waals surface area (Å²) in [5.41, 5.74) is 0.971. The molecular weight excluding hydrogens is 356 g/mol. The lowest BCUT2D eigenvalue weighted by atomic mass is 10.2. The average Bonchev–Trinajstić information content (AvgIpc) is 2.61. The van der Waals surface area contributed by atoms with Crippen LogP contribution >= 0.6 is 0 Å². The van der Waals surface area contributed by atoms with Gasteiger partial charge in [-0.2, -0.15) is 0 Å². The van der Waals surface area contributed by atoms with Crippen LogP contribution in [0.25, 0.3) is 0 Å². The normalized spacial score (nSPS) is 12.4. The predicted octanol–water partition coefficient (Wildman–Crippen LogP) is 1.56. The van der Waals surface area contributed by atoms with Gasteiger partial charge in [-0.3, -0.25) is 4.79 Å². The molecule has 0 radical (unpaired) electrons. The third kappa shape index (κ3) is 5.75. The van der Waals surface area contributed by atoms with E-state index in [1.165, 1.54) is 24.3 Å². The molecule has 1 atom stereocenters. The first-order valence-electron chi connectivity index (χ1n) is 8.08. The second-order valence-electron chi connectivity index (χ2n) is 5.76. The standard InChI is InChI=1S/C18H22N2O5S/c1-13-3-9-17(10-4-13)26(23,24)20-12-11-19-18(22)14(2)25-16-7-5-15(21)6-8-16/h3-10,14,20-21H,11-12H2,1-2H3,(H,19,22). The molecule has 0 saturated carbocycles. The molecule has 0 bridgehead atoms. The molecule has 0 fully saturated rings. The van der Waals surface area contributed by atoms with E-state index in [0.29, 0.717) is 5.75 Å². The number of hydrogen-bond acceptors (Lipinski definition) is 5. The monoisotopic (exact) mass is 378 g/mol. The number of ether oxygens (including phenoxy) is 1. The Morgan fingerprint density at radius 2 is 1.69 bits per heavy atom. The summed E-state index contributed by atoms with van der Waals surface area (Å²) in [6, 6.07) is 12.5. The number of hydrogen-bond donors (Lipinski definition) is 3. The lowest BCUT2D eigenvalue weighted by molar-refractivity contribution is -0.127. The Kier molecular flexibility index (Phi) is 6.59. The van der Waals surface area contributed by atoms with Crippen LogP contribution < -0.4 is 14.8 Å². The number of amides is 1. The fourth-order valence-corrected chi connectivity index (χ4v) is 3.13. The van der Waals surface area contributed by atoms with Gasteiger partial charge in [0.1, 0.15) is 11.5 Å². The Labute approximate surface area is 153 Å². The Morgan fingerprint density at radius 3 is 2.31 bits per heavy atom. The second kappa shape index (κ2) is 8.68. The van der Waals surface area contributed by atoms with Crippen LogP contribution in [0.3, 0.4) is 0 Å². The van der Waals surface area contributed by atoms with E-state index in [1.54, 1.807) is 31.2 Å². The highest BCUT2D eigenvalue weighted by Crippen LogP contribution is 2.17. The minimum atomic E-state index is -3.60. The minimum absolute atomic E-state index is 0.0634. The van der Waals surface area contributed by atoms with E-state index >= 15 is 0 Å². The highest BCUT2D eigenvalue weighted by atomic mass is 32.2. The molecule has 3 N–H and O–H groups in total. The molecular formula is C18H22N2O5S. The quantitative estimate of drug-likeness (QED) is 0.605. The van der Waals surface area contributed by atoms with Gasteiger partial charge in [-0.15, -0.1) is 0 Å². The molecule has 0 spiro atoms. The van der Waals surface area contributed by atoms with Gasteiger partial charge in [0.2, 0.25) is 10.0 Å². The van der Waals surface area contributed by atoms with Crippen molar-refractivity contribution in [2.45, 2.75) is 24.8 Å². The lowest BCUT2D eigenvalue weighted by Crippen LogP contribution is -2.40. The molecule has 26 heavy (non-hydrogen) atoms. The Hall–Kier alpha value is -2.58. The van der Waals surface area contributed by atoms with Crippen molar-refractivity contribution in [3.63, 3.8) is 0 Å². The van der Waals surface area contributed by atoms with Crippen LogP contribution in [0.15, 0.2) is 53.4 Å². The van der Waals surface area contributed by atoms with Crippen molar-refractivity contribution in [1.29, 1.82) is 0 Å². The summed E-state index contributed by atoms with van der Waals surface area (Å²) in [7, 11) is -3.60. The molecule has 0 aromatic heterocycles. The zero-order valence-corrected chi connectivity index (χ0v) is 15.4. The third-order valence-corrected chi connectivity index (χ3v) is 5.04. The molecule has 2 aromatic carbocycles. The number of phenols is 1. The first-order chi connectivity index (χ1) is 12.3. The average molecular weight is 378 g/mol. The molecule has 0 saturated heterocycles. The first kappa shape index (κ1) is 19.7. The molecule has 2 rings (SSSR count). The Morgan fingerprint density at radius 1 is 1.08 bits per heavy atom. The first-order valence-corrected chi connectivity index (χ1v) is 9.56. The van der Waals surface area contributed by atoms with Gasteiger partial charge in [0.05, 0.1) is 4.90 Å². The molecule has 1 amide bonds. The van der Waals surface area contributed by atoms with Crippen LogP contribution in [0, 0.1) is 6.92 Å². The third-order valence-electron chi connectivity index (χ3n) is 3.57. The molecule has 0 aliphatic rings. The molecule has 8 heteroatoms. The molecule has 7 nitrogen and oxygen atoms in total. The van der Waals surface area contributed by atoms with E-state index in [0.717, 1.165) is 5.56 Å². The van der Waals surface area contributed by atoms with Gasteiger partial charge in [-0.25, -0.2) is 13.1 Å². The van der Waals surface area contributed by atoms with Crippen molar-refractivity contribution in [2.75, 3.05) is 13.1 Å². The zero-order chi connectivity index (χ0) is 19.2. The fraction of sp³-hybridized carbons (Fsp3) is 0.278. The van der Waals surface area contributed by atoms with Gasteiger partial charge in [-0.05, 0) is 50.2 Å². The summed E-state index contributed by atoms with van der Waals surface area (Å²) in [6.45, 7) is 3.65. The van der Waals surface area contributed by atoms with Crippen LogP contribution in [-0.2, 0) is 14.8 Å². The molecule has 140 valence electrons. The number of aryl methyl sites for hydroxylation is 1. The lowest BCUT2D eigenvalue weighted by Gasteiger charge is -2.15. The molecule has 1 unspecified atom stereocenters. The number of benzene rings is 2. The van der Waals surface area contributed by atoms with E-state index in [1.807, 2.05) is 6.92 Å². The molecule has 0 aliphatic heterocycles. The fourth-order valence-electron chi connectivity index (χ4n) is 2.10. The van der Waals surface area contributed by atoms with E-state index in [9.17, 15) is 18.3 Å². The smallest absolute Gasteiger partial charge is 0.260 e. The van der Waals surface area contributed by atoms with Gasteiger partial charge < -0.3 is 15.2 Å². The molecule has 0 aliphatic carbocycles. The summed E-state index contributed by atoms with van der Waals surface area (Å²) >= 11 is 0. The van der Waals surface area contributed by atoms with Crippen molar-refractivity contribution in [2.24, 2.45) is 0 Å². The van der Waals surface area contributed by atoms with Gasteiger partial charge in [0.15, 0.2) is 6.10 Å². The SMILES string of the molecule is Cc1ccc(S(=O)(=O)NCCNC(=O)C(C)Oc2ccc(O)cc2)cc1. The van der Waals surface area contributed by atoms with Gasteiger partial charge in [0, 0.05) is 13.1 Å². The summed E-state index contributed by atoms with van der Waals surface area (Å²) in [6.07, 6.45) is -0.756. The molecule has 2 aromatic rings. The summed E-state index contributed by atoms with van der Waals surface area (Å²) in [5.74, 6) is 0.188. The van der Waals surface area contributed by atoms with Gasteiger partial charge >= 0.3 is 0 Å². The summed E-state index contributed by atoms with van der Waals surface area (Å²) in [4.78, 5) is 12.2. The highest BCUT2D eigenvalue weighted by molar-refractivity contribution is 7.89. The number of nitrogens with one attached hydrogen (secondary N) is 2. The number of carbonyl (C=O) groups excluding carboxylic acids is 1. The number of aromatic hydroxyl groups is 1. The van der Waals surface area contributed by atoms with Crippen molar-refractivity contribution in [1.82, 2.24) is 10.0 Å². The highest BCUT2D eigenvalue weighted by Gasteiger charge is 2.16. The Bertz CT molecular complexity index is 833. The zero-order valence-electron chi connectivity index (χ0n) is 14.6. The van der Waals surface area contributed by atoms with E-state index in [4.69, 9.17) is 4.74 Å². The van der Waals surface area contributed by atoms with Crippen LogP contribution in [0.4, 0.5) is 0 Å². The predicted molar refractivity (Wildman–Crippen MR) is 97.6 cm³/mol. The van der Waals surface area contributed by atoms with Gasteiger partial charge in [0.25, 0.3) is 5.91 Å². The number of carbonyl (C=O) groups is 1. The second-order valence-corrected chi connectivity index (χ2v) is 7.52. The minimum Gasteiger partial charge on any atom is -0.508 e. The maximum absolute atomic E-state index is 12.1. The van der Waals surface area contributed by atoms with Crippen LogP contribution in [0.5, 0.6) is 11.5 Å². The topological polar surface area (TPSA) is 105 Å². The maximum atomic E-state index is 12.1. The number of sulfonamides is 1. The maximum Gasteiger partial charge on any atom is 0.260 e. The number of phenolic OH excluding ortho intramolecular Hbond substituents is 1. The Balaban J connectivity index is 1.77. The van der Waals surface area contributed by atoms with E-state index in [-0.39, 0.29) is 29.6 Å². The van der Waals surface area contributed by atoms with Crippen molar-refractivity contribution < 1.29 is 23.1 Å². The van der Waals surface area contributed by atoms with Crippen molar-refractivity contribution in [3.8, 4) is 11.5 Å². The van der Waals surface area contributed by atoms with Crippen molar-refractivity contribution >= 4 is 15.9 Å². The van der Waals surface area contributed by atoms with E-state index in [2.05, 4.69) is 10.0 Å². The van der Waals surface area contributed by atoms with Gasteiger partial charge in [-0.1, -0.05) is 17.7 Å². The van der Waals surface area contributed by atoms with Crippen LogP contribution in [0.1, 0.15) is 12.5 Å². The van der Waals surface area contributed by atoms with Crippen LogP contribution in [-0.4, -0.2) is 38.6 Å². The molecule has 0 heterocycles. The largest absolute Gasteiger partial charge is 0.508 e. The van der Waals surface area contributed by atoms with Crippen LogP contribution in [0.2, 0.25) is 0 Å².